The second kappa shape index (κ2) is 6.19. The van der Waals surface area contributed by atoms with Gasteiger partial charge >= 0.3 is 0 Å². The van der Waals surface area contributed by atoms with Crippen LogP contribution in [0.4, 0.5) is 17.6 Å². The van der Waals surface area contributed by atoms with Gasteiger partial charge in [-0.1, -0.05) is 19.4 Å². The number of fused-ring (bicyclic) bond motifs is 1. The van der Waals surface area contributed by atoms with E-state index >= 15 is 0 Å². The number of allylic oxidation sites excluding steroid dienone is 2. The maximum Gasteiger partial charge on any atom is 0.159 e. The Balaban J connectivity index is 1.98. The van der Waals surface area contributed by atoms with Crippen molar-refractivity contribution in [3.05, 3.63) is 75.9 Å². The van der Waals surface area contributed by atoms with E-state index in [0.29, 0.717) is 35.1 Å². The largest absolute Gasteiger partial charge is 0.206 e. The van der Waals surface area contributed by atoms with Crippen LogP contribution < -0.4 is 0 Å². The third-order valence-corrected chi connectivity index (χ3v) is 4.15. The van der Waals surface area contributed by atoms with Crippen molar-refractivity contribution in [2.24, 2.45) is 0 Å². The second-order valence-electron chi connectivity index (χ2n) is 5.83. The van der Waals surface area contributed by atoms with Crippen LogP contribution in [0, 0.1) is 23.3 Å². The van der Waals surface area contributed by atoms with Gasteiger partial charge < -0.3 is 0 Å². The van der Waals surface area contributed by atoms with Crippen LogP contribution in [-0.4, -0.2) is 0 Å². The van der Waals surface area contributed by atoms with Crippen molar-refractivity contribution in [1.29, 1.82) is 0 Å². The fourth-order valence-electron chi connectivity index (χ4n) is 3.05. The molecule has 0 unspecified atom stereocenters. The fourth-order valence-corrected chi connectivity index (χ4v) is 3.05. The first kappa shape index (κ1) is 15.8. The van der Waals surface area contributed by atoms with Gasteiger partial charge in [0.15, 0.2) is 11.6 Å². The summed E-state index contributed by atoms with van der Waals surface area (Å²) in [6, 6.07) is 4.96. The number of hydrogen-bond donors (Lipinski definition) is 0. The molecule has 0 heterocycles. The summed E-state index contributed by atoms with van der Waals surface area (Å²) in [6.07, 6.45) is 3.62. The van der Waals surface area contributed by atoms with E-state index in [1.54, 1.807) is 6.08 Å². The van der Waals surface area contributed by atoms with Crippen molar-refractivity contribution in [1.82, 2.24) is 0 Å². The summed E-state index contributed by atoms with van der Waals surface area (Å²) in [5, 5.41) is 0. The minimum absolute atomic E-state index is 0.0692. The molecule has 0 aliphatic heterocycles. The van der Waals surface area contributed by atoms with Gasteiger partial charge in [-0.25, -0.2) is 17.6 Å². The quantitative estimate of drug-likeness (QED) is 0.666. The Hall–Kier alpha value is -2.10. The molecule has 0 aromatic heterocycles. The van der Waals surface area contributed by atoms with Crippen LogP contribution in [-0.2, 0) is 19.3 Å². The molecule has 3 rings (SSSR count). The Morgan fingerprint density at radius 1 is 0.826 bits per heavy atom. The first-order valence-electron chi connectivity index (χ1n) is 7.63. The van der Waals surface area contributed by atoms with Crippen LogP contribution in [0.5, 0.6) is 0 Å². The van der Waals surface area contributed by atoms with Crippen molar-refractivity contribution in [3.63, 3.8) is 0 Å². The predicted octanol–water partition coefficient (Wildman–Crippen LogP) is 5.38. The normalized spacial score (nSPS) is 13.7. The molecule has 0 spiro atoms. The van der Waals surface area contributed by atoms with Crippen LogP contribution in [0.15, 0.2) is 30.3 Å². The van der Waals surface area contributed by atoms with E-state index in [1.807, 2.05) is 6.92 Å². The highest BCUT2D eigenvalue weighted by atomic mass is 19.2. The monoisotopic (exact) mass is 320 g/mol. The molecular weight excluding hydrogens is 304 g/mol. The molecule has 0 nitrogen and oxygen atoms in total. The minimum atomic E-state index is -0.941. The Kier molecular flexibility index (Phi) is 4.24. The molecule has 0 saturated heterocycles. The van der Waals surface area contributed by atoms with Gasteiger partial charge in [-0.05, 0) is 65.8 Å². The number of rotatable bonds is 3. The average molecular weight is 320 g/mol. The SMILES string of the molecule is CCCc1cc(F)c(C2=CCc3cc(F)c(F)cc3C2)c(F)c1. The lowest BCUT2D eigenvalue weighted by Crippen LogP contribution is -2.08. The first-order valence-corrected chi connectivity index (χ1v) is 7.63. The molecular formula is C19H16F4. The Bertz CT molecular complexity index is 767. The minimum Gasteiger partial charge on any atom is -0.206 e. The van der Waals surface area contributed by atoms with Crippen molar-refractivity contribution in [2.45, 2.75) is 32.6 Å². The number of hydrogen-bond acceptors (Lipinski definition) is 0. The Morgan fingerprint density at radius 3 is 2.04 bits per heavy atom. The molecule has 0 amide bonds. The van der Waals surface area contributed by atoms with E-state index in [0.717, 1.165) is 18.6 Å². The smallest absolute Gasteiger partial charge is 0.159 e. The van der Waals surface area contributed by atoms with Crippen molar-refractivity contribution in [2.75, 3.05) is 0 Å². The average Bonchev–Trinajstić information content (AvgIpc) is 2.48. The van der Waals surface area contributed by atoms with E-state index < -0.39 is 23.3 Å². The molecule has 0 atom stereocenters. The second-order valence-corrected chi connectivity index (χ2v) is 5.83. The summed E-state index contributed by atoms with van der Waals surface area (Å²) < 4.78 is 55.3. The van der Waals surface area contributed by atoms with Crippen molar-refractivity contribution < 1.29 is 17.6 Å². The molecule has 0 N–H and O–H groups in total. The van der Waals surface area contributed by atoms with E-state index in [4.69, 9.17) is 0 Å². The van der Waals surface area contributed by atoms with Crippen LogP contribution in [0.25, 0.3) is 5.57 Å². The maximum absolute atomic E-state index is 14.3. The molecule has 1 aliphatic carbocycles. The third-order valence-electron chi connectivity index (χ3n) is 4.15. The van der Waals surface area contributed by atoms with Crippen molar-refractivity contribution >= 4 is 5.57 Å². The lowest BCUT2D eigenvalue weighted by Gasteiger charge is -2.19. The van der Waals surface area contributed by atoms with E-state index in [2.05, 4.69) is 0 Å². The van der Waals surface area contributed by atoms with Gasteiger partial charge in [0.05, 0.1) is 0 Å². The molecule has 120 valence electrons. The summed E-state index contributed by atoms with van der Waals surface area (Å²) in [5.41, 5.74) is 2.24. The van der Waals surface area contributed by atoms with Gasteiger partial charge in [0.25, 0.3) is 0 Å². The molecule has 4 heteroatoms. The first-order chi connectivity index (χ1) is 11.0. The number of halogens is 4. The summed E-state index contributed by atoms with van der Waals surface area (Å²) in [6.45, 7) is 1.94. The molecule has 1 aliphatic rings. The summed E-state index contributed by atoms with van der Waals surface area (Å²) in [4.78, 5) is 0. The van der Waals surface area contributed by atoms with Gasteiger partial charge in [-0.2, -0.15) is 0 Å². The van der Waals surface area contributed by atoms with Crippen LogP contribution in [0.3, 0.4) is 0 Å². The molecule has 0 fully saturated rings. The van der Waals surface area contributed by atoms with Gasteiger partial charge in [0, 0.05) is 5.56 Å². The zero-order chi connectivity index (χ0) is 16.6. The predicted molar refractivity (Wildman–Crippen MR) is 82.1 cm³/mol. The number of benzene rings is 2. The topological polar surface area (TPSA) is 0 Å². The van der Waals surface area contributed by atoms with Crippen LogP contribution in [0.1, 0.15) is 35.6 Å². The summed E-state index contributed by atoms with van der Waals surface area (Å²) in [5.74, 6) is -3.05. The molecule has 0 bridgehead atoms. The highest BCUT2D eigenvalue weighted by Gasteiger charge is 2.21. The Labute approximate surface area is 132 Å². The van der Waals surface area contributed by atoms with Gasteiger partial charge in [-0.15, -0.1) is 0 Å². The van der Waals surface area contributed by atoms with Gasteiger partial charge in [-0.3, -0.25) is 0 Å². The highest BCUT2D eigenvalue weighted by Crippen LogP contribution is 2.32. The van der Waals surface area contributed by atoms with E-state index in [9.17, 15) is 17.6 Å². The Morgan fingerprint density at radius 2 is 1.43 bits per heavy atom. The molecule has 2 aromatic carbocycles. The summed E-state index contributed by atoms with van der Waals surface area (Å²) >= 11 is 0. The van der Waals surface area contributed by atoms with E-state index in [1.165, 1.54) is 12.1 Å². The third kappa shape index (κ3) is 3.03. The molecule has 0 saturated carbocycles. The number of aryl methyl sites for hydroxylation is 1. The lowest BCUT2D eigenvalue weighted by molar-refractivity contribution is 0.506. The lowest BCUT2D eigenvalue weighted by atomic mass is 9.87. The zero-order valence-electron chi connectivity index (χ0n) is 12.7. The molecule has 2 aromatic rings. The van der Waals surface area contributed by atoms with Crippen molar-refractivity contribution in [3.8, 4) is 0 Å². The molecule has 23 heavy (non-hydrogen) atoms. The van der Waals surface area contributed by atoms with Gasteiger partial charge in [0.1, 0.15) is 11.6 Å². The molecule has 0 radical (unpaired) electrons. The summed E-state index contributed by atoms with van der Waals surface area (Å²) in [7, 11) is 0. The van der Waals surface area contributed by atoms with Crippen LogP contribution >= 0.6 is 0 Å². The van der Waals surface area contributed by atoms with Gasteiger partial charge in [0.2, 0.25) is 0 Å². The highest BCUT2D eigenvalue weighted by molar-refractivity contribution is 5.71. The fraction of sp³-hybridized carbons (Fsp3) is 0.263. The standard InChI is InChI=1S/C19H16F4/c1-2-3-11-6-17(22)19(18(23)7-11)13-5-4-12-9-15(20)16(21)10-14(12)8-13/h5-7,9-10H,2-4,8H2,1H3. The maximum atomic E-state index is 14.3. The van der Waals surface area contributed by atoms with Crippen LogP contribution in [0.2, 0.25) is 0 Å². The van der Waals surface area contributed by atoms with E-state index in [-0.39, 0.29) is 12.0 Å². The zero-order valence-corrected chi connectivity index (χ0v) is 12.7.